The second kappa shape index (κ2) is 7.66. The van der Waals surface area contributed by atoms with Crippen LogP contribution in [0.25, 0.3) is 6.08 Å². The highest BCUT2D eigenvalue weighted by molar-refractivity contribution is 7.94. The lowest BCUT2D eigenvalue weighted by atomic mass is 9.77. The maximum absolute atomic E-state index is 8.44. The largest absolute Gasteiger partial charge is 0.378 e. The van der Waals surface area contributed by atoms with Gasteiger partial charge in [-0.25, -0.2) is 5.26 Å². The standard InChI is InChI=1S/C22H26N2O4S/c1-21(2)19-15-18(29-28-27-25)9-10-20(19)24-13-14-26-22(21,24)12-11-16-5-7-17(8-6-16)23(3)4/h5-12,15,25H,13-14H2,1-4H3. The summed E-state index contributed by atoms with van der Waals surface area (Å²) in [5, 5.41) is 12.2. The van der Waals surface area contributed by atoms with E-state index in [1.807, 2.05) is 20.2 Å². The number of ether oxygens (including phenoxy) is 1. The summed E-state index contributed by atoms with van der Waals surface area (Å²) in [5.74, 6) is 0. The topological polar surface area (TPSA) is 54.4 Å². The second-order valence-electron chi connectivity index (χ2n) is 8.05. The Morgan fingerprint density at radius 3 is 2.62 bits per heavy atom. The van der Waals surface area contributed by atoms with Gasteiger partial charge < -0.3 is 14.5 Å². The molecule has 154 valence electrons. The number of hydrogen-bond acceptors (Lipinski definition) is 7. The first-order chi connectivity index (χ1) is 13.9. The zero-order valence-corrected chi connectivity index (χ0v) is 17.9. The number of hydrogen-bond donors (Lipinski definition) is 1. The smallest absolute Gasteiger partial charge is 0.170 e. The van der Waals surface area contributed by atoms with Crippen LogP contribution in [0.3, 0.4) is 0 Å². The van der Waals surface area contributed by atoms with E-state index in [0.717, 1.165) is 34.7 Å². The van der Waals surface area contributed by atoms with E-state index in [9.17, 15) is 0 Å². The molecule has 1 unspecified atom stereocenters. The Bertz CT molecular complexity index is 914. The van der Waals surface area contributed by atoms with Crippen LogP contribution in [0.2, 0.25) is 0 Å². The Kier molecular flexibility index (Phi) is 5.35. The van der Waals surface area contributed by atoms with Crippen molar-refractivity contribution >= 4 is 29.5 Å². The summed E-state index contributed by atoms with van der Waals surface area (Å²) in [6, 6.07) is 14.6. The highest BCUT2D eigenvalue weighted by Crippen LogP contribution is 2.55. The molecule has 7 heteroatoms. The van der Waals surface area contributed by atoms with Crippen LogP contribution < -0.4 is 9.80 Å². The van der Waals surface area contributed by atoms with E-state index in [4.69, 9.17) is 9.99 Å². The van der Waals surface area contributed by atoms with Gasteiger partial charge in [0.25, 0.3) is 0 Å². The van der Waals surface area contributed by atoms with Gasteiger partial charge in [-0.15, -0.1) is 4.33 Å². The summed E-state index contributed by atoms with van der Waals surface area (Å²) in [7, 11) is 4.08. The summed E-state index contributed by atoms with van der Waals surface area (Å²) in [4.78, 5) is 5.28. The third kappa shape index (κ3) is 3.33. The first-order valence-electron chi connectivity index (χ1n) is 9.56. The Hall–Kier alpha value is -2.03. The van der Waals surface area contributed by atoms with Crippen molar-refractivity contribution in [1.29, 1.82) is 0 Å². The van der Waals surface area contributed by atoms with E-state index in [0.29, 0.717) is 6.61 Å². The molecule has 0 aliphatic carbocycles. The number of nitrogens with zero attached hydrogens (tertiary/aromatic N) is 2. The molecule has 2 heterocycles. The van der Waals surface area contributed by atoms with Crippen molar-refractivity contribution in [3.05, 3.63) is 59.7 Å². The maximum Gasteiger partial charge on any atom is 0.170 e. The Morgan fingerprint density at radius 1 is 1.17 bits per heavy atom. The molecule has 2 aromatic carbocycles. The van der Waals surface area contributed by atoms with Crippen molar-refractivity contribution in [2.75, 3.05) is 37.0 Å². The molecule has 0 bridgehead atoms. The number of anilines is 2. The van der Waals surface area contributed by atoms with Crippen molar-refractivity contribution in [1.82, 2.24) is 0 Å². The van der Waals surface area contributed by atoms with Gasteiger partial charge in [-0.1, -0.05) is 37.1 Å². The molecule has 1 N–H and O–H groups in total. The lowest BCUT2D eigenvalue weighted by molar-refractivity contribution is -0.432. The molecular weight excluding hydrogens is 388 g/mol. The molecule has 0 radical (unpaired) electrons. The van der Waals surface area contributed by atoms with Gasteiger partial charge in [0.1, 0.15) is 0 Å². The Morgan fingerprint density at radius 2 is 1.93 bits per heavy atom. The molecule has 0 saturated carbocycles. The van der Waals surface area contributed by atoms with Gasteiger partial charge in [0.05, 0.1) is 18.6 Å². The molecular formula is C22H26N2O4S. The molecule has 2 aliphatic heterocycles. The third-order valence-corrected chi connectivity index (χ3v) is 6.51. The summed E-state index contributed by atoms with van der Waals surface area (Å²) >= 11 is 0.974. The van der Waals surface area contributed by atoms with Crippen molar-refractivity contribution < 1.29 is 19.4 Å². The second-order valence-corrected chi connectivity index (χ2v) is 8.82. The summed E-state index contributed by atoms with van der Waals surface area (Å²) in [5.41, 5.74) is 3.82. The quantitative estimate of drug-likeness (QED) is 0.417. The highest BCUT2D eigenvalue weighted by Gasteiger charge is 2.59. The summed E-state index contributed by atoms with van der Waals surface area (Å²) in [6.07, 6.45) is 4.33. The normalized spacial score (nSPS) is 22.2. The fraction of sp³-hybridized carbons (Fsp3) is 0.364. The lowest BCUT2D eigenvalue weighted by Crippen LogP contribution is -2.51. The monoisotopic (exact) mass is 414 g/mol. The van der Waals surface area contributed by atoms with Crippen molar-refractivity contribution in [3.8, 4) is 0 Å². The van der Waals surface area contributed by atoms with Crippen molar-refractivity contribution in [2.24, 2.45) is 0 Å². The molecule has 29 heavy (non-hydrogen) atoms. The Balaban J connectivity index is 1.68. The maximum atomic E-state index is 8.44. The van der Waals surface area contributed by atoms with Gasteiger partial charge in [0.2, 0.25) is 0 Å². The first kappa shape index (κ1) is 20.3. The molecule has 0 aromatic heterocycles. The van der Waals surface area contributed by atoms with Crippen LogP contribution in [0, 0.1) is 0 Å². The molecule has 0 amide bonds. The predicted octanol–water partition coefficient (Wildman–Crippen LogP) is 4.72. The first-order valence-corrected chi connectivity index (χ1v) is 10.3. The van der Waals surface area contributed by atoms with Gasteiger partial charge in [0.15, 0.2) is 5.72 Å². The molecule has 0 spiro atoms. The van der Waals surface area contributed by atoms with Gasteiger partial charge in [-0.3, -0.25) is 0 Å². The van der Waals surface area contributed by atoms with Crippen LogP contribution in [0.5, 0.6) is 0 Å². The minimum atomic E-state index is -0.548. The molecule has 1 atom stereocenters. The van der Waals surface area contributed by atoms with E-state index in [1.165, 1.54) is 11.3 Å². The molecule has 1 fully saturated rings. The van der Waals surface area contributed by atoms with Gasteiger partial charge in [0, 0.05) is 42.3 Å². The molecule has 4 rings (SSSR count). The molecule has 2 aromatic rings. The predicted molar refractivity (Wildman–Crippen MR) is 116 cm³/mol. The minimum absolute atomic E-state index is 0.282. The fourth-order valence-corrected chi connectivity index (χ4v) is 4.74. The van der Waals surface area contributed by atoms with E-state index in [1.54, 1.807) is 0 Å². The minimum Gasteiger partial charge on any atom is -0.378 e. The molecule has 2 aliphatic rings. The lowest BCUT2D eigenvalue weighted by Gasteiger charge is -2.39. The number of benzene rings is 2. The zero-order chi connectivity index (χ0) is 20.6. The van der Waals surface area contributed by atoms with E-state index < -0.39 is 5.72 Å². The highest BCUT2D eigenvalue weighted by atomic mass is 32.2. The van der Waals surface area contributed by atoms with Crippen molar-refractivity contribution in [3.63, 3.8) is 0 Å². The molecule has 6 nitrogen and oxygen atoms in total. The average Bonchev–Trinajstić information content (AvgIpc) is 3.22. The van der Waals surface area contributed by atoms with Crippen LogP contribution in [-0.4, -0.2) is 38.2 Å². The molecule has 1 saturated heterocycles. The SMILES string of the molecule is CN(C)c1ccc(C=CC23OCCN2c2ccc(SOOO)cc2C3(C)C)cc1. The van der Waals surface area contributed by atoms with Crippen LogP contribution in [-0.2, 0) is 19.5 Å². The third-order valence-electron chi connectivity index (χ3n) is 5.94. The van der Waals surface area contributed by atoms with Gasteiger partial charge in [-0.2, -0.15) is 0 Å². The fourth-order valence-electron chi connectivity index (χ4n) is 4.34. The van der Waals surface area contributed by atoms with Crippen LogP contribution in [0.15, 0.2) is 53.4 Å². The van der Waals surface area contributed by atoms with E-state index in [-0.39, 0.29) is 5.41 Å². The summed E-state index contributed by atoms with van der Waals surface area (Å²) < 4.78 is 11.0. The number of rotatable bonds is 6. The average molecular weight is 415 g/mol. The van der Waals surface area contributed by atoms with E-state index >= 15 is 0 Å². The van der Waals surface area contributed by atoms with Crippen LogP contribution in [0.4, 0.5) is 11.4 Å². The Labute approximate surface area is 175 Å². The van der Waals surface area contributed by atoms with Crippen molar-refractivity contribution in [2.45, 2.75) is 29.9 Å². The van der Waals surface area contributed by atoms with Crippen LogP contribution in [0.1, 0.15) is 25.0 Å². The summed E-state index contributed by atoms with van der Waals surface area (Å²) in [6.45, 7) is 5.93. The van der Waals surface area contributed by atoms with Crippen LogP contribution >= 0.6 is 12.0 Å². The number of fused-ring (bicyclic) bond motifs is 3. The van der Waals surface area contributed by atoms with Gasteiger partial charge in [-0.05, 0) is 47.5 Å². The zero-order valence-electron chi connectivity index (χ0n) is 17.1. The van der Waals surface area contributed by atoms with E-state index in [2.05, 4.69) is 81.6 Å². The van der Waals surface area contributed by atoms with Gasteiger partial charge >= 0.3 is 0 Å².